The normalized spacial score (nSPS) is 14.7. The predicted molar refractivity (Wildman–Crippen MR) is 61.7 cm³/mol. The van der Waals surface area contributed by atoms with E-state index in [9.17, 15) is 4.79 Å². The van der Waals surface area contributed by atoms with Crippen molar-refractivity contribution in [3.63, 3.8) is 0 Å². The lowest BCUT2D eigenvalue weighted by Gasteiger charge is -2.20. The molecule has 0 aliphatic heterocycles. The van der Waals surface area contributed by atoms with Crippen LogP contribution in [0.2, 0.25) is 0 Å². The maximum Gasteiger partial charge on any atom is 0.223 e. The molecule has 0 aliphatic rings. The topological polar surface area (TPSA) is 52.6 Å². The maximum absolute atomic E-state index is 11.4. The zero-order chi connectivity index (χ0) is 11.8. The van der Waals surface area contributed by atoms with Gasteiger partial charge in [-0.15, -0.1) is 0 Å². The molecule has 0 saturated heterocycles. The third kappa shape index (κ3) is 7.33. The Kier molecular flexibility index (Phi) is 7.34. The third-order valence-electron chi connectivity index (χ3n) is 2.34. The van der Waals surface area contributed by atoms with Crippen molar-refractivity contribution in [2.45, 2.75) is 45.2 Å². The minimum Gasteiger partial charge on any atom is -0.396 e. The average Bonchev–Trinajstić information content (AvgIpc) is 2.14. The molecule has 2 N–H and O–H groups in total. The summed E-state index contributed by atoms with van der Waals surface area (Å²) >= 11 is 0. The molecule has 2 atom stereocenters. The molecule has 0 aliphatic carbocycles. The molecule has 90 valence electrons. The fourth-order valence-electron chi connectivity index (χ4n) is 1.47. The van der Waals surface area contributed by atoms with Crippen molar-refractivity contribution in [3.8, 4) is 0 Å². The molecule has 0 aromatic heterocycles. The maximum atomic E-state index is 11.4. The predicted octanol–water partition coefficient (Wildman–Crippen LogP) is 0.604. The molecule has 4 heteroatoms. The lowest BCUT2D eigenvalue weighted by atomic mass is 10.1. The van der Waals surface area contributed by atoms with Gasteiger partial charge in [0.25, 0.3) is 0 Å². The second-order valence-electron chi connectivity index (χ2n) is 4.33. The number of hydrogen-bond donors (Lipinski definition) is 2. The quantitative estimate of drug-likeness (QED) is 0.655. The number of hydrogen-bond acceptors (Lipinski definition) is 3. The van der Waals surface area contributed by atoms with E-state index in [4.69, 9.17) is 5.11 Å². The van der Waals surface area contributed by atoms with Crippen LogP contribution in [0.5, 0.6) is 0 Å². The number of amides is 1. The monoisotopic (exact) mass is 216 g/mol. The van der Waals surface area contributed by atoms with E-state index in [1.54, 1.807) is 19.0 Å². The molecule has 0 bridgehead atoms. The van der Waals surface area contributed by atoms with Gasteiger partial charge in [-0.25, -0.2) is 0 Å². The van der Waals surface area contributed by atoms with E-state index in [0.717, 1.165) is 12.8 Å². The van der Waals surface area contributed by atoms with E-state index in [1.807, 2.05) is 6.92 Å². The number of rotatable bonds is 7. The summed E-state index contributed by atoms with van der Waals surface area (Å²) < 4.78 is 0. The minimum atomic E-state index is 0.143. The molecule has 15 heavy (non-hydrogen) atoms. The van der Waals surface area contributed by atoms with Crippen LogP contribution in [0.25, 0.3) is 0 Å². The van der Waals surface area contributed by atoms with Crippen molar-refractivity contribution in [2.75, 3.05) is 20.7 Å². The van der Waals surface area contributed by atoms with Crippen LogP contribution in [-0.2, 0) is 4.79 Å². The molecule has 4 nitrogen and oxygen atoms in total. The summed E-state index contributed by atoms with van der Waals surface area (Å²) in [5.41, 5.74) is 0. The molecule has 0 fully saturated rings. The molecular weight excluding hydrogens is 192 g/mol. The summed E-state index contributed by atoms with van der Waals surface area (Å²) in [4.78, 5) is 13.0. The number of carbonyl (C=O) groups excluding carboxylic acids is 1. The Morgan fingerprint density at radius 2 is 1.93 bits per heavy atom. The average molecular weight is 216 g/mol. The first-order chi connectivity index (χ1) is 6.97. The molecule has 0 spiro atoms. The van der Waals surface area contributed by atoms with Crippen LogP contribution in [-0.4, -0.2) is 48.7 Å². The van der Waals surface area contributed by atoms with Crippen molar-refractivity contribution >= 4 is 5.91 Å². The summed E-state index contributed by atoms with van der Waals surface area (Å²) in [6, 6.07) is 0.538. The van der Waals surface area contributed by atoms with Gasteiger partial charge in [-0.05, 0) is 26.7 Å². The van der Waals surface area contributed by atoms with Crippen molar-refractivity contribution in [1.82, 2.24) is 10.2 Å². The van der Waals surface area contributed by atoms with Gasteiger partial charge in [0.15, 0.2) is 0 Å². The van der Waals surface area contributed by atoms with Gasteiger partial charge < -0.3 is 15.3 Å². The molecule has 0 saturated carbocycles. The lowest BCUT2D eigenvalue weighted by molar-refractivity contribution is -0.129. The van der Waals surface area contributed by atoms with Crippen LogP contribution < -0.4 is 5.32 Å². The molecule has 1 amide bonds. The van der Waals surface area contributed by atoms with E-state index < -0.39 is 0 Å². The van der Waals surface area contributed by atoms with Gasteiger partial charge in [-0.3, -0.25) is 4.79 Å². The van der Waals surface area contributed by atoms with Gasteiger partial charge in [0.2, 0.25) is 5.91 Å². The van der Waals surface area contributed by atoms with Crippen molar-refractivity contribution in [3.05, 3.63) is 0 Å². The highest BCUT2D eigenvalue weighted by atomic mass is 16.2. The lowest BCUT2D eigenvalue weighted by Crippen LogP contribution is -2.38. The van der Waals surface area contributed by atoms with Gasteiger partial charge in [0.1, 0.15) is 0 Å². The molecule has 0 radical (unpaired) electrons. The molecule has 2 unspecified atom stereocenters. The number of aliphatic hydroxyl groups excluding tert-OH is 1. The molecule has 0 heterocycles. The fourth-order valence-corrected chi connectivity index (χ4v) is 1.47. The summed E-state index contributed by atoms with van der Waals surface area (Å²) in [5.74, 6) is 0.143. The second kappa shape index (κ2) is 7.65. The SMILES string of the molecule is CC(CCCO)NC(C)CC(=O)N(C)C. The minimum absolute atomic E-state index is 0.143. The number of aliphatic hydroxyl groups is 1. The second-order valence-corrected chi connectivity index (χ2v) is 4.33. The standard InChI is InChI=1S/C11H24N2O2/c1-9(6-5-7-14)12-10(2)8-11(15)13(3)4/h9-10,12,14H,5-8H2,1-4H3. The van der Waals surface area contributed by atoms with Gasteiger partial charge in [-0.2, -0.15) is 0 Å². The number of carbonyl (C=O) groups is 1. The van der Waals surface area contributed by atoms with Crippen LogP contribution in [0.3, 0.4) is 0 Å². The Bertz CT molecular complexity index is 183. The number of nitrogens with one attached hydrogen (secondary N) is 1. The van der Waals surface area contributed by atoms with Crippen LogP contribution in [0.4, 0.5) is 0 Å². The summed E-state index contributed by atoms with van der Waals surface area (Å²) in [6.07, 6.45) is 2.27. The van der Waals surface area contributed by atoms with E-state index in [2.05, 4.69) is 12.2 Å². The Balaban J connectivity index is 3.72. The summed E-state index contributed by atoms with van der Waals surface area (Å²) in [6.45, 7) is 4.32. The summed E-state index contributed by atoms with van der Waals surface area (Å²) in [7, 11) is 3.54. The zero-order valence-electron chi connectivity index (χ0n) is 10.3. The van der Waals surface area contributed by atoms with Crippen LogP contribution in [0.15, 0.2) is 0 Å². The van der Waals surface area contributed by atoms with Gasteiger partial charge in [0.05, 0.1) is 0 Å². The van der Waals surface area contributed by atoms with E-state index in [-0.39, 0.29) is 18.6 Å². The van der Waals surface area contributed by atoms with Gasteiger partial charge in [0, 0.05) is 39.2 Å². The highest BCUT2D eigenvalue weighted by Gasteiger charge is 2.12. The van der Waals surface area contributed by atoms with Crippen molar-refractivity contribution in [2.24, 2.45) is 0 Å². The smallest absolute Gasteiger partial charge is 0.223 e. The first kappa shape index (κ1) is 14.4. The summed E-state index contributed by atoms with van der Waals surface area (Å²) in [5, 5.41) is 12.0. The highest BCUT2D eigenvalue weighted by molar-refractivity contribution is 5.76. The Morgan fingerprint density at radius 1 is 1.33 bits per heavy atom. The van der Waals surface area contributed by atoms with Crippen LogP contribution in [0.1, 0.15) is 33.1 Å². The molecular formula is C11H24N2O2. The third-order valence-corrected chi connectivity index (χ3v) is 2.34. The molecule has 0 aromatic carbocycles. The van der Waals surface area contributed by atoms with Gasteiger partial charge in [-0.1, -0.05) is 0 Å². The van der Waals surface area contributed by atoms with E-state index >= 15 is 0 Å². The van der Waals surface area contributed by atoms with E-state index in [1.165, 1.54) is 0 Å². The first-order valence-electron chi connectivity index (χ1n) is 5.54. The molecule has 0 rings (SSSR count). The van der Waals surface area contributed by atoms with Crippen molar-refractivity contribution < 1.29 is 9.90 Å². The Hall–Kier alpha value is -0.610. The van der Waals surface area contributed by atoms with Crippen LogP contribution >= 0.6 is 0 Å². The zero-order valence-corrected chi connectivity index (χ0v) is 10.3. The Labute approximate surface area is 92.7 Å². The van der Waals surface area contributed by atoms with Crippen molar-refractivity contribution in [1.29, 1.82) is 0 Å². The van der Waals surface area contributed by atoms with Gasteiger partial charge >= 0.3 is 0 Å². The Morgan fingerprint density at radius 3 is 2.40 bits per heavy atom. The fraction of sp³-hybridized carbons (Fsp3) is 0.909. The largest absolute Gasteiger partial charge is 0.396 e. The molecule has 0 aromatic rings. The van der Waals surface area contributed by atoms with Crippen LogP contribution in [0, 0.1) is 0 Å². The first-order valence-corrected chi connectivity index (χ1v) is 5.54. The highest BCUT2D eigenvalue weighted by Crippen LogP contribution is 2.00. The van der Waals surface area contributed by atoms with E-state index in [0.29, 0.717) is 12.5 Å². The number of nitrogens with zero attached hydrogens (tertiary/aromatic N) is 1.